The van der Waals surface area contributed by atoms with Crippen LogP contribution in [-0.2, 0) is 0 Å². The van der Waals surface area contributed by atoms with Gasteiger partial charge in [0.05, 0.1) is 10.0 Å². The lowest BCUT2D eigenvalue weighted by atomic mass is 10.1. The van der Waals surface area contributed by atoms with E-state index in [9.17, 15) is 0 Å². The zero-order valence-electron chi connectivity index (χ0n) is 10.8. The molecule has 1 aliphatic rings. The lowest BCUT2D eigenvalue weighted by molar-refractivity contribution is 0.377. The van der Waals surface area contributed by atoms with E-state index in [4.69, 9.17) is 23.2 Å². The summed E-state index contributed by atoms with van der Waals surface area (Å²) >= 11 is 12.2. The number of aromatic nitrogens is 1. The van der Waals surface area contributed by atoms with Crippen LogP contribution in [0.3, 0.4) is 0 Å². The summed E-state index contributed by atoms with van der Waals surface area (Å²) in [7, 11) is 0. The second-order valence-electron chi connectivity index (χ2n) is 4.69. The largest absolute Gasteiger partial charge is 0.350 e. The molecule has 1 aromatic rings. The highest BCUT2D eigenvalue weighted by molar-refractivity contribution is 6.36. The molecule has 0 radical (unpaired) electrons. The normalized spacial score (nSPS) is 24.3. The van der Waals surface area contributed by atoms with Gasteiger partial charge in [-0.3, -0.25) is 0 Å². The molecule has 18 heavy (non-hydrogen) atoms. The molecule has 5 heteroatoms. The zero-order chi connectivity index (χ0) is 13.1. The molecule has 0 spiro atoms. The Hall–Kier alpha value is -0.510. The summed E-state index contributed by atoms with van der Waals surface area (Å²) in [6, 6.07) is 2.71. The van der Waals surface area contributed by atoms with E-state index in [-0.39, 0.29) is 0 Å². The van der Waals surface area contributed by atoms with Crippen LogP contribution in [0.15, 0.2) is 12.3 Å². The summed E-state index contributed by atoms with van der Waals surface area (Å²) < 4.78 is 0. The maximum atomic E-state index is 6.27. The molecule has 3 nitrogen and oxygen atoms in total. The fraction of sp³-hybridized carbons (Fsp3) is 0.615. The Morgan fingerprint density at radius 3 is 2.78 bits per heavy atom. The Bertz CT molecular complexity index is 411. The molecule has 100 valence electrons. The van der Waals surface area contributed by atoms with E-state index in [0.29, 0.717) is 22.1 Å². The molecular weight excluding hydrogens is 269 g/mol. The first kappa shape index (κ1) is 13.9. The van der Waals surface area contributed by atoms with Gasteiger partial charge in [0.15, 0.2) is 0 Å². The van der Waals surface area contributed by atoms with Crippen molar-refractivity contribution in [1.82, 2.24) is 10.3 Å². The highest BCUT2D eigenvalue weighted by Gasteiger charge is 2.28. The van der Waals surface area contributed by atoms with Crippen molar-refractivity contribution >= 4 is 29.0 Å². The van der Waals surface area contributed by atoms with Crippen molar-refractivity contribution < 1.29 is 0 Å². The number of pyridine rings is 1. The fourth-order valence-electron chi connectivity index (χ4n) is 2.38. The molecule has 1 aromatic heterocycles. The Morgan fingerprint density at radius 2 is 2.17 bits per heavy atom. The van der Waals surface area contributed by atoms with Gasteiger partial charge in [0, 0.05) is 31.4 Å². The first-order valence-electron chi connectivity index (χ1n) is 6.46. The summed E-state index contributed by atoms with van der Waals surface area (Å²) in [5.74, 6) is 0.855. The number of halogens is 2. The van der Waals surface area contributed by atoms with Crippen LogP contribution in [0.5, 0.6) is 0 Å². The molecule has 0 saturated carbocycles. The summed E-state index contributed by atoms with van der Waals surface area (Å²) in [6.45, 7) is 6.31. The average Bonchev–Trinajstić information content (AvgIpc) is 2.38. The second kappa shape index (κ2) is 6.09. The smallest absolute Gasteiger partial charge is 0.147 e. The van der Waals surface area contributed by atoms with Crippen molar-refractivity contribution in [1.29, 1.82) is 0 Å². The van der Waals surface area contributed by atoms with Crippen LogP contribution in [0, 0.1) is 0 Å². The van der Waals surface area contributed by atoms with Gasteiger partial charge in [0.1, 0.15) is 5.82 Å². The van der Waals surface area contributed by atoms with Gasteiger partial charge in [-0.25, -0.2) is 4.98 Å². The van der Waals surface area contributed by atoms with E-state index in [0.717, 1.165) is 31.7 Å². The molecule has 1 saturated heterocycles. The minimum Gasteiger partial charge on any atom is -0.350 e. The molecule has 0 aliphatic carbocycles. The molecule has 1 fully saturated rings. The maximum Gasteiger partial charge on any atom is 0.147 e. The zero-order valence-corrected chi connectivity index (χ0v) is 12.3. The third-order valence-electron chi connectivity index (χ3n) is 3.52. The molecular formula is C13H19Cl2N3. The van der Waals surface area contributed by atoms with Crippen LogP contribution in [-0.4, -0.2) is 30.2 Å². The van der Waals surface area contributed by atoms with Gasteiger partial charge in [-0.05, 0) is 18.9 Å². The van der Waals surface area contributed by atoms with Crippen LogP contribution < -0.4 is 10.2 Å². The van der Waals surface area contributed by atoms with Gasteiger partial charge in [0.25, 0.3) is 0 Å². The highest BCUT2D eigenvalue weighted by Crippen LogP contribution is 2.29. The van der Waals surface area contributed by atoms with E-state index in [1.165, 1.54) is 0 Å². The second-order valence-corrected chi connectivity index (χ2v) is 5.53. The third-order valence-corrected chi connectivity index (χ3v) is 4.01. The van der Waals surface area contributed by atoms with Gasteiger partial charge in [-0.2, -0.15) is 0 Å². The Labute approximate surface area is 118 Å². The minimum absolute atomic E-state index is 0.443. The topological polar surface area (TPSA) is 28.2 Å². The molecule has 1 aliphatic heterocycles. The Morgan fingerprint density at radius 1 is 1.39 bits per heavy atom. The summed E-state index contributed by atoms with van der Waals surface area (Å²) in [6.07, 6.45) is 3.85. The number of nitrogens with one attached hydrogen (secondary N) is 1. The fourth-order valence-corrected chi connectivity index (χ4v) is 2.87. The van der Waals surface area contributed by atoms with E-state index in [1.807, 2.05) is 0 Å². The lowest BCUT2D eigenvalue weighted by Crippen LogP contribution is -2.56. The number of rotatable bonds is 3. The quantitative estimate of drug-likeness (QED) is 0.924. The number of piperazine rings is 1. The SMILES string of the molecule is CCC1CN(c2ncc(Cl)cc2Cl)C(CC)CN1. The number of hydrogen-bond donors (Lipinski definition) is 1. The first-order valence-corrected chi connectivity index (χ1v) is 7.22. The number of hydrogen-bond acceptors (Lipinski definition) is 3. The molecule has 1 N–H and O–H groups in total. The van der Waals surface area contributed by atoms with E-state index in [1.54, 1.807) is 12.3 Å². The van der Waals surface area contributed by atoms with E-state index < -0.39 is 0 Å². The third kappa shape index (κ3) is 2.90. The highest BCUT2D eigenvalue weighted by atomic mass is 35.5. The molecule has 2 heterocycles. The Kier molecular flexibility index (Phi) is 4.71. The van der Waals surface area contributed by atoms with Gasteiger partial charge in [-0.1, -0.05) is 37.0 Å². The maximum absolute atomic E-state index is 6.27. The van der Waals surface area contributed by atoms with Gasteiger partial charge >= 0.3 is 0 Å². The van der Waals surface area contributed by atoms with Crippen molar-refractivity contribution in [2.75, 3.05) is 18.0 Å². The van der Waals surface area contributed by atoms with Crippen molar-refractivity contribution in [3.63, 3.8) is 0 Å². The van der Waals surface area contributed by atoms with Crippen molar-refractivity contribution in [2.24, 2.45) is 0 Å². The molecule has 2 rings (SSSR count). The van der Waals surface area contributed by atoms with Crippen LogP contribution in [0.1, 0.15) is 26.7 Å². The monoisotopic (exact) mass is 287 g/mol. The Balaban J connectivity index is 2.26. The standard InChI is InChI=1S/C13H19Cl2N3/c1-3-10-8-18(11(4-2)7-16-10)13-12(15)5-9(14)6-17-13/h5-6,10-11,16H,3-4,7-8H2,1-2H3. The van der Waals surface area contributed by atoms with Gasteiger partial charge < -0.3 is 10.2 Å². The van der Waals surface area contributed by atoms with Crippen LogP contribution in [0.2, 0.25) is 10.0 Å². The minimum atomic E-state index is 0.443. The summed E-state index contributed by atoms with van der Waals surface area (Å²) in [5, 5.41) is 4.78. The summed E-state index contributed by atoms with van der Waals surface area (Å²) in [4.78, 5) is 6.71. The van der Waals surface area contributed by atoms with E-state index in [2.05, 4.69) is 29.0 Å². The molecule has 2 atom stereocenters. The van der Waals surface area contributed by atoms with Crippen LogP contribution in [0.25, 0.3) is 0 Å². The number of nitrogens with zero attached hydrogens (tertiary/aromatic N) is 2. The predicted molar refractivity (Wildman–Crippen MR) is 77.8 cm³/mol. The van der Waals surface area contributed by atoms with Crippen LogP contribution >= 0.6 is 23.2 Å². The van der Waals surface area contributed by atoms with Crippen LogP contribution in [0.4, 0.5) is 5.82 Å². The molecule has 0 bridgehead atoms. The van der Waals surface area contributed by atoms with Crippen molar-refractivity contribution in [3.8, 4) is 0 Å². The molecule has 0 amide bonds. The first-order chi connectivity index (χ1) is 8.65. The predicted octanol–water partition coefficient (Wildman–Crippen LogP) is 3.36. The van der Waals surface area contributed by atoms with Crippen molar-refractivity contribution in [2.45, 2.75) is 38.8 Å². The number of anilines is 1. The lowest BCUT2D eigenvalue weighted by Gasteiger charge is -2.41. The molecule has 2 unspecified atom stereocenters. The van der Waals surface area contributed by atoms with Crippen molar-refractivity contribution in [3.05, 3.63) is 22.3 Å². The average molecular weight is 288 g/mol. The van der Waals surface area contributed by atoms with Gasteiger partial charge in [0.2, 0.25) is 0 Å². The summed E-state index contributed by atoms with van der Waals surface area (Å²) in [5.41, 5.74) is 0. The molecule has 0 aromatic carbocycles. The van der Waals surface area contributed by atoms with E-state index >= 15 is 0 Å². The van der Waals surface area contributed by atoms with Gasteiger partial charge in [-0.15, -0.1) is 0 Å².